The number of rotatable bonds is 7. The van der Waals surface area contributed by atoms with Gasteiger partial charge in [-0.2, -0.15) is 4.31 Å². The van der Waals surface area contributed by atoms with Crippen molar-refractivity contribution in [1.82, 2.24) is 4.31 Å². The molecule has 8 heteroatoms. The maximum absolute atomic E-state index is 12.5. The van der Waals surface area contributed by atoms with Crippen LogP contribution in [0.1, 0.15) is 31.1 Å². The Bertz CT molecular complexity index is 920. The van der Waals surface area contributed by atoms with E-state index in [1.807, 2.05) is 0 Å². The minimum absolute atomic E-state index is 0.178. The number of anilines is 2. The first-order valence-corrected chi connectivity index (χ1v) is 10.0. The van der Waals surface area contributed by atoms with Crippen LogP contribution in [-0.2, 0) is 14.8 Å². The van der Waals surface area contributed by atoms with Gasteiger partial charge in [-0.05, 0) is 42.5 Å². The molecule has 0 bridgehead atoms. The van der Waals surface area contributed by atoms with E-state index in [9.17, 15) is 18.0 Å². The Morgan fingerprint density at radius 2 is 1.56 bits per heavy atom. The summed E-state index contributed by atoms with van der Waals surface area (Å²) >= 11 is 0. The van der Waals surface area contributed by atoms with E-state index in [4.69, 9.17) is 0 Å². The van der Waals surface area contributed by atoms with E-state index in [-0.39, 0.29) is 16.7 Å². The minimum atomic E-state index is -3.54. The summed E-state index contributed by atoms with van der Waals surface area (Å²) in [4.78, 5) is 23.7. The molecule has 2 aromatic rings. The van der Waals surface area contributed by atoms with Crippen molar-refractivity contribution in [1.29, 1.82) is 0 Å². The molecule has 2 rings (SSSR count). The van der Waals surface area contributed by atoms with Gasteiger partial charge in [-0.3, -0.25) is 9.59 Å². The van der Waals surface area contributed by atoms with Gasteiger partial charge >= 0.3 is 0 Å². The van der Waals surface area contributed by atoms with Gasteiger partial charge in [0.05, 0.1) is 4.90 Å². The molecule has 0 aromatic heterocycles. The van der Waals surface area contributed by atoms with E-state index in [0.717, 1.165) is 0 Å². The molecular weight excluding hydrogens is 366 g/mol. The van der Waals surface area contributed by atoms with Gasteiger partial charge in [-0.1, -0.05) is 19.9 Å². The fourth-order valence-corrected chi connectivity index (χ4v) is 4.03. The lowest BCUT2D eigenvalue weighted by Gasteiger charge is -2.18. The van der Waals surface area contributed by atoms with E-state index >= 15 is 0 Å². The number of amides is 2. The lowest BCUT2D eigenvalue weighted by Crippen LogP contribution is -2.30. The van der Waals surface area contributed by atoms with Crippen molar-refractivity contribution in [3.63, 3.8) is 0 Å². The first-order valence-electron chi connectivity index (χ1n) is 8.57. The molecule has 0 radical (unpaired) electrons. The highest BCUT2D eigenvalue weighted by molar-refractivity contribution is 7.89. The van der Waals surface area contributed by atoms with Crippen LogP contribution < -0.4 is 10.6 Å². The van der Waals surface area contributed by atoms with Crippen LogP contribution in [0, 0.1) is 0 Å². The van der Waals surface area contributed by atoms with Crippen LogP contribution in [0.5, 0.6) is 0 Å². The summed E-state index contributed by atoms with van der Waals surface area (Å²) in [5, 5.41) is 5.33. The van der Waals surface area contributed by atoms with Gasteiger partial charge < -0.3 is 10.6 Å². The van der Waals surface area contributed by atoms with Gasteiger partial charge in [0.25, 0.3) is 5.91 Å². The Hall–Kier alpha value is -2.71. The van der Waals surface area contributed by atoms with E-state index in [1.165, 1.54) is 23.4 Å². The number of hydrogen-bond donors (Lipinski definition) is 2. The monoisotopic (exact) mass is 389 g/mol. The number of carbonyl (C=O) groups is 2. The Balaban J connectivity index is 2.15. The molecule has 0 saturated heterocycles. The third kappa shape index (κ3) is 5.15. The smallest absolute Gasteiger partial charge is 0.255 e. The molecule has 2 amide bonds. The number of carbonyl (C=O) groups excluding carboxylic acids is 2. The second kappa shape index (κ2) is 8.79. The average molecular weight is 389 g/mol. The van der Waals surface area contributed by atoms with E-state index in [2.05, 4.69) is 10.6 Å². The molecule has 7 nitrogen and oxygen atoms in total. The molecule has 0 unspecified atom stereocenters. The van der Waals surface area contributed by atoms with E-state index in [1.54, 1.807) is 50.2 Å². The largest absolute Gasteiger partial charge is 0.326 e. The van der Waals surface area contributed by atoms with Crippen molar-refractivity contribution in [2.24, 2.45) is 0 Å². The van der Waals surface area contributed by atoms with E-state index < -0.39 is 10.0 Å². The third-order valence-electron chi connectivity index (χ3n) is 3.90. The van der Waals surface area contributed by atoms with Gasteiger partial charge in [0, 0.05) is 37.0 Å². The zero-order chi connectivity index (χ0) is 20.0. The topological polar surface area (TPSA) is 95.6 Å². The number of nitrogens with one attached hydrogen (secondary N) is 2. The normalized spacial score (nSPS) is 11.3. The van der Waals surface area contributed by atoms with Crippen molar-refractivity contribution in [2.45, 2.75) is 25.7 Å². The van der Waals surface area contributed by atoms with Gasteiger partial charge in [-0.25, -0.2) is 8.42 Å². The van der Waals surface area contributed by atoms with Crippen molar-refractivity contribution in [2.75, 3.05) is 23.7 Å². The summed E-state index contributed by atoms with van der Waals surface area (Å²) in [5.41, 5.74) is 1.38. The first kappa shape index (κ1) is 20.6. The Morgan fingerprint density at radius 1 is 0.926 bits per heavy atom. The molecule has 2 N–H and O–H groups in total. The molecule has 0 fully saturated rings. The summed E-state index contributed by atoms with van der Waals surface area (Å²) in [6, 6.07) is 12.6. The van der Waals surface area contributed by atoms with Gasteiger partial charge in [0.1, 0.15) is 0 Å². The lowest BCUT2D eigenvalue weighted by molar-refractivity contribution is -0.114. The molecular formula is C19H23N3O4S. The highest BCUT2D eigenvalue weighted by Gasteiger charge is 2.21. The van der Waals surface area contributed by atoms with Crippen LogP contribution in [0.2, 0.25) is 0 Å². The van der Waals surface area contributed by atoms with E-state index in [0.29, 0.717) is 30.0 Å². The Kier molecular flexibility index (Phi) is 6.70. The summed E-state index contributed by atoms with van der Waals surface area (Å²) < 4.78 is 26.3. The fourth-order valence-electron chi connectivity index (χ4n) is 2.57. The van der Waals surface area contributed by atoms with Crippen LogP contribution >= 0.6 is 0 Å². The average Bonchev–Trinajstić information content (AvgIpc) is 2.62. The predicted molar refractivity (Wildman–Crippen MR) is 105 cm³/mol. The van der Waals surface area contributed by atoms with Crippen LogP contribution in [0.4, 0.5) is 11.4 Å². The van der Waals surface area contributed by atoms with Gasteiger partial charge in [0.2, 0.25) is 15.9 Å². The van der Waals surface area contributed by atoms with Crippen molar-refractivity contribution < 1.29 is 18.0 Å². The number of hydrogen-bond acceptors (Lipinski definition) is 4. The zero-order valence-electron chi connectivity index (χ0n) is 15.5. The van der Waals surface area contributed by atoms with Crippen LogP contribution in [0.25, 0.3) is 0 Å². The molecule has 0 aliphatic rings. The second-order valence-corrected chi connectivity index (χ2v) is 7.77. The number of benzene rings is 2. The quantitative estimate of drug-likeness (QED) is 0.761. The summed E-state index contributed by atoms with van der Waals surface area (Å²) in [5.74, 6) is -0.584. The van der Waals surface area contributed by atoms with Crippen molar-refractivity contribution in [3.8, 4) is 0 Å². The van der Waals surface area contributed by atoms with Gasteiger partial charge in [0.15, 0.2) is 0 Å². The molecule has 0 heterocycles. The summed E-state index contributed by atoms with van der Waals surface area (Å²) in [6.07, 6.45) is 0. The molecule has 2 aromatic carbocycles. The van der Waals surface area contributed by atoms with Crippen molar-refractivity contribution in [3.05, 3.63) is 54.1 Å². The maximum atomic E-state index is 12.5. The standard InChI is InChI=1S/C19H23N3O4S/c1-4-22(5-2)27(25,26)18-11-9-16(10-12-18)21-19(24)15-7-6-8-17(13-15)20-14(3)23/h6-13H,4-5H2,1-3H3,(H,20,23)(H,21,24). The Labute approximate surface area is 159 Å². The van der Waals surface area contributed by atoms with Crippen LogP contribution in [-0.4, -0.2) is 37.6 Å². The highest BCUT2D eigenvalue weighted by Crippen LogP contribution is 2.19. The lowest BCUT2D eigenvalue weighted by atomic mass is 10.2. The second-order valence-electron chi connectivity index (χ2n) is 5.83. The third-order valence-corrected chi connectivity index (χ3v) is 5.96. The molecule has 0 saturated carbocycles. The van der Waals surface area contributed by atoms with Crippen LogP contribution in [0.3, 0.4) is 0 Å². The zero-order valence-corrected chi connectivity index (χ0v) is 16.3. The van der Waals surface area contributed by atoms with Gasteiger partial charge in [-0.15, -0.1) is 0 Å². The van der Waals surface area contributed by atoms with Crippen molar-refractivity contribution >= 4 is 33.2 Å². The summed E-state index contributed by atoms with van der Waals surface area (Å²) in [7, 11) is -3.54. The fraction of sp³-hybridized carbons (Fsp3) is 0.263. The summed E-state index contributed by atoms with van der Waals surface area (Å²) in [6.45, 7) is 5.74. The maximum Gasteiger partial charge on any atom is 0.255 e. The predicted octanol–water partition coefficient (Wildman–Crippen LogP) is 2.93. The highest BCUT2D eigenvalue weighted by atomic mass is 32.2. The molecule has 27 heavy (non-hydrogen) atoms. The van der Waals surface area contributed by atoms with Crippen LogP contribution in [0.15, 0.2) is 53.4 Å². The SMILES string of the molecule is CCN(CC)S(=O)(=O)c1ccc(NC(=O)c2cccc(NC(C)=O)c2)cc1. The molecule has 0 atom stereocenters. The molecule has 0 spiro atoms. The molecule has 0 aliphatic carbocycles. The number of nitrogens with zero attached hydrogens (tertiary/aromatic N) is 1. The molecule has 144 valence electrons. The minimum Gasteiger partial charge on any atom is -0.326 e. The first-order chi connectivity index (χ1) is 12.8. The number of sulfonamides is 1. The molecule has 0 aliphatic heterocycles. The Morgan fingerprint density at radius 3 is 2.11 bits per heavy atom.